The number of benzene rings is 1. The number of hydrogen-bond acceptors (Lipinski definition) is 4. The third kappa shape index (κ3) is 3.46. The average Bonchev–Trinajstić information content (AvgIpc) is 3.24. The summed E-state index contributed by atoms with van der Waals surface area (Å²) in [5, 5.41) is 2.87. The summed E-state index contributed by atoms with van der Waals surface area (Å²) in [4.78, 5) is 26.8. The fraction of sp³-hybridized carbons (Fsp3) is 0.579. The molecule has 1 aliphatic carbocycles. The molecule has 3 aliphatic rings. The average molecular weight is 360 g/mol. The van der Waals surface area contributed by atoms with E-state index in [9.17, 15) is 14.0 Å². The zero-order chi connectivity index (χ0) is 18.1. The lowest BCUT2D eigenvalue weighted by molar-refractivity contribution is -0.131. The van der Waals surface area contributed by atoms with E-state index in [1.54, 1.807) is 12.1 Å². The van der Waals surface area contributed by atoms with Gasteiger partial charge in [0, 0.05) is 31.5 Å². The highest BCUT2D eigenvalue weighted by molar-refractivity contribution is 5.89. The van der Waals surface area contributed by atoms with E-state index < -0.39 is 0 Å². The number of carbonyl (C=O) groups is 2. The Bertz CT molecular complexity index is 681. The molecule has 3 N–H and O–H groups in total. The van der Waals surface area contributed by atoms with Gasteiger partial charge in [-0.1, -0.05) is 25.0 Å². The van der Waals surface area contributed by atoms with Gasteiger partial charge in [0.2, 0.25) is 11.8 Å². The minimum atomic E-state index is -0.326. The van der Waals surface area contributed by atoms with Crippen LogP contribution in [0.15, 0.2) is 24.3 Å². The zero-order valence-corrected chi connectivity index (χ0v) is 14.7. The van der Waals surface area contributed by atoms with E-state index in [1.807, 2.05) is 4.90 Å². The maximum atomic E-state index is 12.9. The van der Waals surface area contributed by atoms with Crippen molar-refractivity contribution in [3.63, 3.8) is 0 Å². The van der Waals surface area contributed by atoms with Gasteiger partial charge in [0.1, 0.15) is 5.82 Å². The first-order valence-corrected chi connectivity index (χ1v) is 9.44. The van der Waals surface area contributed by atoms with E-state index in [-0.39, 0.29) is 36.1 Å². The third-order valence-electron chi connectivity index (χ3n) is 5.89. The van der Waals surface area contributed by atoms with Crippen molar-refractivity contribution in [2.45, 2.75) is 50.9 Å². The predicted molar refractivity (Wildman–Crippen MR) is 93.9 cm³/mol. The molecule has 1 aromatic rings. The van der Waals surface area contributed by atoms with Gasteiger partial charge in [-0.2, -0.15) is 0 Å². The van der Waals surface area contributed by atoms with Crippen LogP contribution in [-0.2, 0) is 16.1 Å². The van der Waals surface area contributed by atoms with E-state index in [1.165, 1.54) is 25.0 Å². The largest absolute Gasteiger partial charge is 0.352 e. The molecule has 0 aromatic heterocycles. The Labute approximate surface area is 152 Å². The van der Waals surface area contributed by atoms with Gasteiger partial charge in [-0.15, -0.1) is 0 Å². The number of nitrogens with one attached hydrogen (secondary N) is 3. The summed E-state index contributed by atoms with van der Waals surface area (Å²) >= 11 is 0. The molecule has 26 heavy (non-hydrogen) atoms. The summed E-state index contributed by atoms with van der Waals surface area (Å²) in [5.41, 5.74) is 7.45. The maximum absolute atomic E-state index is 12.9. The number of halogens is 1. The van der Waals surface area contributed by atoms with Gasteiger partial charge in [-0.25, -0.2) is 9.82 Å². The van der Waals surface area contributed by atoms with E-state index in [2.05, 4.69) is 16.2 Å². The molecule has 2 aliphatic heterocycles. The smallest absolute Gasteiger partial charge is 0.225 e. The number of amides is 2. The molecule has 1 saturated carbocycles. The Morgan fingerprint density at radius 2 is 1.96 bits per heavy atom. The Balaban J connectivity index is 1.33. The van der Waals surface area contributed by atoms with E-state index >= 15 is 0 Å². The van der Waals surface area contributed by atoms with Crippen LogP contribution in [0.25, 0.3) is 0 Å². The second kappa shape index (κ2) is 7.32. The van der Waals surface area contributed by atoms with E-state index in [4.69, 9.17) is 0 Å². The predicted octanol–water partition coefficient (Wildman–Crippen LogP) is 1.28. The number of rotatable bonds is 4. The minimum Gasteiger partial charge on any atom is -0.352 e. The molecule has 6 nitrogen and oxygen atoms in total. The molecule has 3 fully saturated rings. The lowest BCUT2D eigenvalue weighted by atomic mass is 9.84. The quantitative estimate of drug-likeness (QED) is 0.756. The summed E-state index contributed by atoms with van der Waals surface area (Å²) in [5.74, 6) is -0.273. The number of nitrogens with zero attached hydrogens (tertiary/aromatic N) is 1. The van der Waals surface area contributed by atoms with Crippen molar-refractivity contribution in [3.05, 3.63) is 35.6 Å². The zero-order valence-electron chi connectivity index (χ0n) is 14.7. The molecule has 7 heteroatoms. The second-order valence-electron chi connectivity index (χ2n) is 7.58. The molecular formula is C19H25FN4O2. The molecule has 0 bridgehead atoms. The fourth-order valence-corrected chi connectivity index (χ4v) is 4.44. The number of fused-ring (bicyclic) bond motifs is 1. The van der Waals surface area contributed by atoms with Gasteiger partial charge in [-0.3, -0.25) is 15.0 Å². The first-order chi connectivity index (χ1) is 12.6. The molecule has 0 radical (unpaired) electrons. The van der Waals surface area contributed by atoms with Gasteiger partial charge < -0.3 is 10.2 Å². The van der Waals surface area contributed by atoms with Gasteiger partial charge in [0.15, 0.2) is 0 Å². The SMILES string of the molecule is O=C(NCc1ccc(F)cc1)C1CC(=O)N(C2NNC3CCCCC32)C1. The van der Waals surface area contributed by atoms with Gasteiger partial charge in [-0.05, 0) is 30.5 Å². The lowest BCUT2D eigenvalue weighted by Gasteiger charge is -2.32. The van der Waals surface area contributed by atoms with Crippen LogP contribution in [-0.4, -0.2) is 35.5 Å². The number of carbonyl (C=O) groups excluding carboxylic acids is 2. The fourth-order valence-electron chi connectivity index (χ4n) is 4.44. The highest BCUT2D eigenvalue weighted by Gasteiger charge is 2.46. The number of hydrazine groups is 1. The third-order valence-corrected chi connectivity index (χ3v) is 5.89. The van der Waals surface area contributed by atoms with Crippen LogP contribution in [0, 0.1) is 17.7 Å². The highest BCUT2D eigenvalue weighted by atomic mass is 19.1. The Hall–Kier alpha value is -1.99. The van der Waals surface area contributed by atoms with Gasteiger partial charge >= 0.3 is 0 Å². The van der Waals surface area contributed by atoms with Crippen LogP contribution in [0.1, 0.15) is 37.7 Å². The monoisotopic (exact) mass is 360 g/mol. The molecule has 1 aromatic carbocycles. The van der Waals surface area contributed by atoms with Crippen molar-refractivity contribution >= 4 is 11.8 Å². The topological polar surface area (TPSA) is 73.5 Å². The summed E-state index contributed by atoms with van der Waals surface area (Å²) in [7, 11) is 0. The first kappa shape index (κ1) is 17.4. The molecule has 4 unspecified atom stereocenters. The molecule has 4 atom stereocenters. The van der Waals surface area contributed by atoms with Crippen LogP contribution in [0.3, 0.4) is 0 Å². The first-order valence-electron chi connectivity index (χ1n) is 9.44. The van der Waals surface area contributed by atoms with Crippen LogP contribution in [0.4, 0.5) is 4.39 Å². The highest BCUT2D eigenvalue weighted by Crippen LogP contribution is 2.34. The van der Waals surface area contributed by atoms with Crippen molar-refractivity contribution in [1.29, 1.82) is 0 Å². The maximum Gasteiger partial charge on any atom is 0.225 e. The summed E-state index contributed by atoms with van der Waals surface area (Å²) in [6.07, 6.45) is 4.92. The van der Waals surface area contributed by atoms with E-state index in [0.717, 1.165) is 18.4 Å². The standard InChI is InChI=1S/C19H25FN4O2/c20-14-7-5-12(6-8-14)10-21-19(26)13-9-17(25)24(11-13)18-15-3-1-2-4-16(15)22-23-18/h5-8,13,15-16,18,22-23H,1-4,9-11H2,(H,21,26). The van der Waals surface area contributed by atoms with Gasteiger partial charge in [0.25, 0.3) is 0 Å². The summed E-state index contributed by atoms with van der Waals surface area (Å²) in [6, 6.07) is 6.48. The second-order valence-corrected chi connectivity index (χ2v) is 7.58. The van der Waals surface area contributed by atoms with Gasteiger partial charge in [0.05, 0.1) is 12.1 Å². The van der Waals surface area contributed by atoms with Crippen molar-refractivity contribution in [1.82, 2.24) is 21.1 Å². The molecule has 140 valence electrons. The minimum absolute atomic E-state index is 0.0114. The molecule has 4 rings (SSSR count). The van der Waals surface area contributed by atoms with E-state index in [0.29, 0.717) is 25.0 Å². The summed E-state index contributed by atoms with van der Waals surface area (Å²) < 4.78 is 12.9. The molecule has 2 amide bonds. The molecular weight excluding hydrogens is 335 g/mol. The molecule has 0 spiro atoms. The van der Waals surface area contributed by atoms with Crippen molar-refractivity contribution in [2.24, 2.45) is 11.8 Å². The van der Waals surface area contributed by atoms with Crippen LogP contribution < -0.4 is 16.2 Å². The Morgan fingerprint density at radius 3 is 2.77 bits per heavy atom. The van der Waals surface area contributed by atoms with Crippen LogP contribution >= 0.6 is 0 Å². The van der Waals surface area contributed by atoms with Crippen molar-refractivity contribution in [3.8, 4) is 0 Å². The van der Waals surface area contributed by atoms with Crippen molar-refractivity contribution < 1.29 is 14.0 Å². The molecule has 2 saturated heterocycles. The van der Waals surface area contributed by atoms with Crippen LogP contribution in [0.2, 0.25) is 0 Å². The van der Waals surface area contributed by atoms with Crippen LogP contribution in [0.5, 0.6) is 0 Å². The number of hydrogen-bond donors (Lipinski definition) is 3. The van der Waals surface area contributed by atoms with Crippen molar-refractivity contribution in [2.75, 3.05) is 6.54 Å². The summed E-state index contributed by atoms with van der Waals surface area (Å²) in [6.45, 7) is 0.800. The Kier molecular flexibility index (Phi) is 4.91. The normalized spacial score (nSPS) is 31.1. The molecule has 2 heterocycles. The number of likely N-dealkylation sites (tertiary alicyclic amines) is 1. The lowest BCUT2D eigenvalue weighted by Crippen LogP contribution is -2.48. The Morgan fingerprint density at radius 1 is 1.19 bits per heavy atom.